The molecule has 2 aliphatic rings. The minimum atomic E-state index is 0.670. The lowest BCUT2D eigenvalue weighted by atomic mass is 9.86. The second-order valence-corrected chi connectivity index (χ2v) is 4.28. The van der Waals surface area contributed by atoms with Gasteiger partial charge in [-0.1, -0.05) is 18.9 Å². The van der Waals surface area contributed by atoms with Gasteiger partial charge in [-0.25, -0.2) is 0 Å². The van der Waals surface area contributed by atoms with Crippen LogP contribution in [0.2, 0.25) is 6.04 Å². The zero-order chi connectivity index (χ0) is 7.68. The number of ether oxygens (including phenoxy) is 1. The molecule has 3 radical (unpaired) electrons. The summed E-state index contributed by atoms with van der Waals surface area (Å²) in [5.74, 6) is 0.968. The van der Waals surface area contributed by atoms with E-state index in [1.54, 1.807) is 0 Å². The fraction of sp³-hybridized carbons (Fsp3) is 1.00. The van der Waals surface area contributed by atoms with E-state index in [0.717, 1.165) is 12.0 Å². The molecule has 3 unspecified atom stereocenters. The number of fused-ring (bicyclic) bond motifs is 1. The fourth-order valence-electron chi connectivity index (χ4n) is 2.14. The van der Waals surface area contributed by atoms with Crippen molar-refractivity contribution < 1.29 is 4.74 Å². The van der Waals surface area contributed by atoms with Crippen molar-refractivity contribution in [1.82, 2.24) is 0 Å². The summed E-state index contributed by atoms with van der Waals surface area (Å²) in [6, 6.07) is 1.16. The van der Waals surface area contributed by atoms with Crippen molar-refractivity contribution in [3.05, 3.63) is 0 Å². The Kier molecular flexibility index (Phi) is 2.32. The zero-order valence-electron chi connectivity index (χ0n) is 6.88. The van der Waals surface area contributed by atoms with Crippen LogP contribution in [-0.2, 0) is 4.74 Å². The van der Waals surface area contributed by atoms with Gasteiger partial charge in [0.25, 0.3) is 0 Å². The van der Waals surface area contributed by atoms with E-state index in [0.29, 0.717) is 12.2 Å². The average molecular weight is 167 g/mol. The fourth-order valence-corrected chi connectivity index (χ4v) is 2.34. The standard InChI is InChI=1S/C9H15OSi/c11-5-1-2-7-3-4-8-9(6-7)10-8/h7-9H,1-6H2. The van der Waals surface area contributed by atoms with Crippen molar-refractivity contribution in [3.8, 4) is 0 Å². The van der Waals surface area contributed by atoms with E-state index in [-0.39, 0.29) is 0 Å². The molecule has 1 nitrogen and oxygen atoms in total. The highest BCUT2D eigenvalue weighted by Crippen LogP contribution is 2.40. The molecule has 1 aliphatic carbocycles. The molecule has 0 amide bonds. The summed E-state index contributed by atoms with van der Waals surface area (Å²) in [6.07, 6.45) is 8.16. The second-order valence-electron chi connectivity index (χ2n) is 3.78. The molecule has 3 atom stereocenters. The van der Waals surface area contributed by atoms with Crippen LogP contribution < -0.4 is 0 Å². The van der Waals surface area contributed by atoms with Gasteiger partial charge in [-0.2, -0.15) is 0 Å². The molecule has 0 aromatic rings. The van der Waals surface area contributed by atoms with Crippen molar-refractivity contribution in [2.24, 2.45) is 5.92 Å². The van der Waals surface area contributed by atoms with E-state index in [2.05, 4.69) is 10.2 Å². The van der Waals surface area contributed by atoms with Crippen LogP contribution in [0.25, 0.3) is 0 Å². The summed E-state index contributed by atoms with van der Waals surface area (Å²) in [7, 11) is 3.51. The van der Waals surface area contributed by atoms with E-state index < -0.39 is 0 Å². The van der Waals surface area contributed by atoms with Gasteiger partial charge >= 0.3 is 0 Å². The maximum Gasteiger partial charge on any atom is 0.0844 e. The van der Waals surface area contributed by atoms with Crippen molar-refractivity contribution >= 4 is 10.2 Å². The quantitative estimate of drug-likeness (QED) is 0.462. The summed E-state index contributed by atoms with van der Waals surface area (Å²) < 4.78 is 5.48. The molecular weight excluding hydrogens is 152 g/mol. The monoisotopic (exact) mass is 167 g/mol. The van der Waals surface area contributed by atoms with Gasteiger partial charge in [0.05, 0.1) is 12.2 Å². The molecule has 0 aromatic carbocycles. The first-order valence-electron chi connectivity index (χ1n) is 4.70. The van der Waals surface area contributed by atoms with Gasteiger partial charge in [0.2, 0.25) is 0 Å². The molecule has 0 aromatic heterocycles. The van der Waals surface area contributed by atoms with Crippen LogP contribution in [0.5, 0.6) is 0 Å². The molecular formula is C9H15OSi. The molecule has 61 valence electrons. The molecule has 2 rings (SSSR count). The van der Waals surface area contributed by atoms with Crippen LogP contribution in [0.1, 0.15) is 32.1 Å². The van der Waals surface area contributed by atoms with Gasteiger partial charge < -0.3 is 4.74 Å². The van der Waals surface area contributed by atoms with Crippen molar-refractivity contribution in [1.29, 1.82) is 0 Å². The van der Waals surface area contributed by atoms with Crippen molar-refractivity contribution in [2.45, 2.75) is 50.4 Å². The Labute approximate surface area is 71.9 Å². The number of hydrogen-bond acceptors (Lipinski definition) is 1. The lowest BCUT2D eigenvalue weighted by molar-refractivity contribution is 0.350. The zero-order valence-corrected chi connectivity index (χ0v) is 7.88. The first-order chi connectivity index (χ1) is 5.40. The van der Waals surface area contributed by atoms with Crippen molar-refractivity contribution in [3.63, 3.8) is 0 Å². The van der Waals surface area contributed by atoms with Gasteiger partial charge in [0.1, 0.15) is 0 Å². The van der Waals surface area contributed by atoms with Crippen LogP contribution in [0, 0.1) is 5.92 Å². The molecule has 1 aliphatic heterocycles. The largest absolute Gasteiger partial charge is 0.370 e. The summed E-state index contributed by atoms with van der Waals surface area (Å²) in [5.41, 5.74) is 0. The Bertz CT molecular complexity index is 138. The molecule has 1 saturated heterocycles. The smallest absolute Gasteiger partial charge is 0.0844 e. The Morgan fingerprint density at radius 3 is 2.91 bits per heavy atom. The van der Waals surface area contributed by atoms with E-state index in [1.807, 2.05) is 0 Å². The SMILES string of the molecule is [Si]CCCC1CCC2OC2C1. The molecule has 0 bridgehead atoms. The van der Waals surface area contributed by atoms with Gasteiger partial charge in [-0.3, -0.25) is 0 Å². The van der Waals surface area contributed by atoms with Crippen LogP contribution in [0.3, 0.4) is 0 Å². The van der Waals surface area contributed by atoms with Gasteiger partial charge in [0.15, 0.2) is 0 Å². The summed E-state index contributed by atoms with van der Waals surface area (Å²) >= 11 is 0. The predicted octanol–water partition coefficient (Wildman–Crippen LogP) is 1.92. The van der Waals surface area contributed by atoms with E-state index in [1.165, 1.54) is 32.1 Å². The van der Waals surface area contributed by atoms with Crippen LogP contribution in [-0.4, -0.2) is 22.5 Å². The van der Waals surface area contributed by atoms with E-state index in [9.17, 15) is 0 Å². The Morgan fingerprint density at radius 1 is 1.27 bits per heavy atom. The first-order valence-corrected chi connectivity index (χ1v) is 5.41. The number of rotatable bonds is 3. The predicted molar refractivity (Wildman–Crippen MR) is 45.8 cm³/mol. The lowest BCUT2D eigenvalue weighted by Gasteiger charge is -2.17. The lowest BCUT2D eigenvalue weighted by Crippen LogP contribution is -2.13. The van der Waals surface area contributed by atoms with Crippen LogP contribution in [0.4, 0.5) is 0 Å². The molecule has 2 fully saturated rings. The third-order valence-electron chi connectivity index (χ3n) is 2.90. The summed E-state index contributed by atoms with van der Waals surface area (Å²) in [4.78, 5) is 0. The molecule has 0 spiro atoms. The maximum absolute atomic E-state index is 5.48. The normalized spacial score (nSPS) is 41.7. The molecule has 2 heteroatoms. The molecule has 1 saturated carbocycles. The average Bonchev–Trinajstić information content (AvgIpc) is 2.78. The Morgan fingerprint density at radius 2 is 2.18 bits per heavy atom. The minimum absolute atomic E-state index is 0.670. The van der Waals surface area contributed by atoms with Crippen LogP contribution >= 0.6 is 0 Å². The summed E-state index contributed by atoms with van der Waals surface area (Å²) in [6.45, 7) is 0. The van der Waals surface area contributed by atoms with Gasteiger partial charge in [0, 0.05) is 10.2 Å². The summed E-state index contributed by atoms with van der Waals surface area (Å²) in [5, 5.41) is 0. The Hall–Kier alpha value is 0.177. The number of hydrogen-bond donors (Lipinski definition) is 0. The highest BCUT2D eigenvalue weighted by Gasteiger charge is 2.43. The van der Waals surface area contributed by atoms with Crippen molar-refractivity contribution in [2.75, 3.05) is 0 Å². The minimum Gasteiger partial charge on any atom is -0.370 e. The van der Waals surface area contributed by atoms with Gasteiger partial charge in [-0.05, 0) is 25.2 Å². The Balaban J connectivity index is 1.68. The maximum atomic E-state index is 5.48. The van der Waals surface area contributed by atoms with E-state index >= 15 is 0 Å². The molecule has 0 N–H and O–H groups in total. The highest BCUT2D eigenvalue weighted by molar-refractivity contribution is 6.08. The highest BCUT2D eigenvalue weighted by atomic mass is 28.1. The topological polar surface area (TPSA) is 12.5 Å². The van der Waals surface area contributed by atoms with E-state index in [4.69, 9.17) is 4.74 Å². The second kappa shape index (κ2) is 3.28. The third-order valence-corrected chi connectivity index (χ3v) is 3.26. The number of epoxide rings is 1. The molecule has 11 heavy (non-hydrogen) atoms. The first kappa shape index (κ1) is 7.81. The van der Waals surface area contributed by atoms with Crippen LogP contribution in [0.15, 0.2) is 0 Å². The third kappa shape index (κ3) is 1.85. The molecule has 1 heterocycles. The van der Waals surface area contributed by atoms with Gasteiger partial charge in [-0.15, -0.1) is 0 Å².